The Morgan fingerprint density at radius 1 is 0.933 bits per heavy atom. The molecule has 156 valence electrons. The molecular weight excluding hydrogens is 426 g/mol. The summed E-state index contributed by atoms with van der Waals surface area (Å²) in [4.78, 5) is 11.9. The highest BCUT2D eigenvalue weighted by molar-refractivity contribution is 7.92. The molecule has 0 bridgehead atoms. The molecule has 0 saturated heterocycles. The number of carbonyl (C=O) groups excluding carboxylic acids is 1. The molecule has 0 radical (unpaired) electrons. The largest absolute Gasteiger partial charge is 0.489 e. The van der Waals surface area contributed by atoms with Crippen molar-refractivity contribution in [3.8, 4) is 5.75 Å². The molecule has 0 heterocycles. The molecular formula is C22H20ClNO5S. The molecule has 0 aliphatic rings. The van der Waals surface area contributed by atoms with Crippen LogP contribution in [0.5, 0.6) is 5.75 Å². The maximum atomic E-state index is 13.1. The third kappa shape index (κ3) is 5.31. The molecule has 3 aromatic rings. The topological polar surface area (TPSA) is 72.9 Å². The first-order valence-electron chi connectivity index (χ1n) is 9.02. The number of sulfonamides is 1. The number of nitrogens with zero attached hydrogens (tertiary/aromatic N) is 1. The van der Waals surface area contributed by atoms with Crippen molar-refractivity contribution in [1.82, 2.24) is 0 Å². The molecule has 0 saturated carbocycles. The minimum atomic E-state index is -4.01. The summed E-state index contributed by atoms with van der Waals surface area (Å²) in [5.41, 5.74) is 1.32. The summed E-state index contributed by atoms with van der Waals surface area (Å²) in [6, 6.07) is 21.9. The van der Waals surface area contributed by atoms with E-state index in [1.165, 1.54) is 31.4 Å². The van der Waals surface area contributed by atoms with Crippen LogP contribution >= 0.6 is 11.6 Å². The zero-order valence-electron chi connectivity index (χ0n) is 16.2. The summed E-state index contributed by atoms with van der Waals surface area (Å²) in [6.45, 7) is -0.0825. The van der Waals surface area contributed by atoms with Crippen LogP contribution in [0, 0.1) is 0 Å². The van der Waals surface area contributed by atoms with Gasteiger partial charge in [0.2, 0.25) is 0 Å². The molecule has 0 unspecified atom stereocenters. The molecule has 0 aromatic heterocycles. The second-order valence-electron chi connectivity index (χ2n) is 6.31. The van der Waals surface area contributed by atoms with E-state index in [0.29, 0.717) is 23.1 Å². The van der Waals surface area contributed by atoms with Crippen LogP contribution in [-0.4, -0.2) is 28.0 Å². The first kappa shape index (κ1) is 21.7. The van der Waals surface area contributed by atoms with Crippen LogP contribution in [0.2, 0.25) is 5.02 Å². The Hall–Kier alpha value is -3.03. The number of rotatable bonds is 8. The molecule has 0 atom stereocenters. The van der Waals surface area contributed by atoms with Gasteiger partial charge in [-0.05, 0) is 54.1 Å². The number of methoxy groups -OCH3 is 1. The van der Waals surface area contributed by atoms with Gasteiger partial charge in [0.15, 0.2) is 0 Å². The van der Waals surface area contributed by atoms with Crippen LogP contribution in [0.3, 0.4) is 0 Å². The summed E-state index contributed by atoms with van der Waals surface area (Å²) in [7, 11) is -2.81. The fourth-order valence-corrected chi connectivity index (χ4v) is 4.22. The van der Waals surface area contributed by atoms with E-state index in [1.54, 1.807) is 24.3 Å². The highest BCUT2D eigenvalue weighted by Crippen LogP contribution is 2.27. The Labute approximate surface area is 180 Å². The average Bonchev–Trinajstić information content (AvgIpc) is 2.77. The maximum Gasteiger partial charge on any atom is 0.326 e. The summed E-state index contributed by atoms with van der Waals surface area (Å²) >= 11 is 5.86. The molecule has 0 amide bonds. The predicted octanol–water partition coefficient (Wildman–Crippen LogP) is 4.29. The predicted molar refractivity (Wildman–Crippen MR) is 115 cm³/mol. The van der Waals surface area contributed by atoms with Gasteiger partial charge in [0.25, 0.3) is 10.0 Å². The fraction of sp³-hybridized carbons (Fsp3) is 0.136. The van der Waals surface area contributed by atoms with E-state index >= 15 is 0 Å². The lowest BCUT2D eigenvalue weighted by atomic mass is 10.2. The molecule has 0 spiro atoms. The number of esters is 1. The van der Waals surface area contributed by atoms with Gasteiger partial charge in [-0.3, -0.25) is 9.10 Å². The van der Waals surface area contributed by atoms with Crippen molar-refractivity contribution in [3.63, 3.8) is 0 Å². The SMILES string of the molecule is COC(=O)CN(c1ccc(OCc2ccccc2)cc1)S(=O)(=O)c1ccc(Cl)cc1. The minimum Gasteiger partial charge on any atom is -0.489 e. The van der Waals surface area contributed by atoms with Crippen molar-refractivity contribution in [2.24, 2.45) is 0 Å². The van der Waals surface area contributed by atoms with Gasteiger partial charge in [0.05, 0.1) is 17.7 Å². The zero-order valence-corrected chi connectivity index (χ0v) is 17.8. The highest BCUT2D eigenvalue weighted by atomic mass is 35.5. The Bertz CT molecular complexity index is 1080. The lowest BCUT2D eigenvalue weighted by Crippen LogP contribution is -2.36. The molecule has 3 aromatic carbocycles. The second kappa shape index (κ2) is 9.65. The lowest BCUT2D eigenvalue weighted by Gasteiger charge is -2.23. The van der Waals surface area contributed by atoms with Gasteiger partial charge < -0.3 is 9.47 Å². The number of hydrogen-bond donors (Lipinski definition) is 0. The summed E-state index contributed by atoms with van der Waals surface area (Å²) < 4.78 is 37.7. The molecule has 3 rings (SSSR count). The van der Waals surface area contributed by atoms with Crippen LogP contribution < -0.4 is 9.04 Å². The molecule has 6 nitrogen and oxygen atoms in total. The first-order chi connectivity index (χ1) is 14.4. The van der Waals surface area contributed by atoms with Crippen LogP contribution in [0.4, 0.5) is 5.69 Å². The first-order valence-corrected chi connectivity index (χ1v) is 10.8. The minimum absolute atomic E-state index is 0.0141. The van der Waals surface area contributed by atoms with Crippen LogP contribution in [0.1, 0.15) is 5.56 Å². The highest BCUT2D eigenvalue weighted by Gasteiger charge is 2.27. The van der Waals surface area contributed by atoms with Crippen molar-refractivity contribution in [2.75, 3.05) is 18.0 Å². The van der Waals surface area contributed by atoms with E-state index in [4.69, 9.17) is 16.3 Å². The van der Waals surface area contributed by atoms with E-state index < -0.39 is 22.5 Å². The Morgan fingerprint density at radius 3 is 2.17 bits per heavy atom. The monoisotopic (exact) mass is 445 g/mol. The van der Waals surface area contributed by atoms with Crippen LogP contribution in [-0.2, 0) is 26.2 Å². The zero-order chi connectivity index (χ0) is 21.6. The normalized spacial score (nSPS) is 11.0. The quantitative estimate of drug-likeness (QED) is 0.484. The number of halogens is 1. The van der Waals surface area contributed by atoms with Crippen LogP contribution in [0.15, 0.2) is 83.8 Å². The third-order valence-electron chi connectivity index (χ3n) is 4.28. The van der Waals surface area contributed by atoms with E-state index in [0.717, 1.165) is 9.87 Å². The fourth-order valence-electron chi connectivity index (χ4n) is 2.68. The number of benzene rings is 3. The van der Waals surface area contributed by atoms with Gasteiger partial charge in [-0.1, -0.05) is 41.9 Å². The van der Waals surface area contributed by atoms with Gasteiger partial charge in [-0.15, -0.1) is 0 Å². The molecule has 0 aliphatic carbocycles. The molecule has 0 fully saturated rings. The van der Waals surface area contributed by atoms with Crippen molar-refractivity contribution in [1.29, 1.82) is 0 Å². The second-order valence-corrected chi connectivity index (χ2v) is 8.61. The van der Waals surface area contributed by atoms with Crippen molar-refractivity contribution < 1.29 is 22.7 Å². The number of hydrogen-bond acceptors (Lipinski definition) is 5. The van der Waals surface area contributed by atoms with E-state index in [9.17, 15) is 13.2 Å². The van der Waals surface area contributed by atoms with Gasteiger partial charge in [0.1, 0.15) is 18.9 Å². The summed E-state index contributed by atoms with van der Waals surface area (Å²) in [6.07, 6.45) is 0. The Balaban J connectivity index is 1.84. The summed E-state index contributed by atoms with van der Waals surface area (Å²) in [5.74, 6) is -0.110. The molecule has 0 aliphatic heterocycles. The van der Waals surface area contributed by atoms with E-state index in [1.807, 2.05) is 30.3 Å². The standard InChI is InChI=1S/C22H20ClNO5S/c1-28-22(25)15-24(30(26,27)21-13-7-18(23)8-14-21)19-9-11-20(12-10-19)29-16-17-5-3-2-4-6-17/h2-14H,15-16H2,1H3. The number of carbonyl (C=O) groups is 1. The number of ether oxygens (including phenoxy) is 2. The van der Waals surface area contributed by atoms with Crippen LogP contribution in [0.25, 0.3) is 0 Å². The number of anilines is 1. The smallest absolute Gasteiger partial charge is 0.326 e. The van der Waals surface area contributed by atoms with Gasteiger partial charge in [-0.2, -0.15) is 0 Å². The Morgan fingerprint density at radius 2 is 1.57 bits per heavy atom. The average molecular weight is 446 g/mol. The van der Waals surface area contributed by atoms with Gasteiger partial charge >= 0.3 is 5.97 Å². The van der Waals surface area contributed by atoms with Gasteiger partial charge in [0, 0.05) is 5.02 Å². The molecule has 30 heavy (non-hydrogen) atoms. The van der Waals surface area contributed by atoms with Gasteiger partial charge in [-0.25, -0.2) is 8.42 Å². The maximum absolute atomic E-state index is 13.1. The van der Waals surface area contributed by atoms with E-state index in [2.05, 4.69) is 4.74 Å². The van der Waals surface area contributed by atoms with Crippen molar-refractivity contribution in [3.05, 3.63) is 89.4 Å². The lowest BCUT2D eigenvalue weighted by molar-refractivity contribution is -0.138. The molecule has 0 N–H and O–H groups in total. The Kier molecular flexibility index (Phi) is 6.97. The third-order valence-corrected chi connectivity index (χ3v) is 6.32. The van der Waals surface area contributed by atoms with Crippen molar-refractivity contribution >= 4 is 33.3 Å². The van der Waals surface area contributed by atoms with E-state index in [-0.39, 0.29) is 4.90 Å². The summed E-state index contributed by atoms with van der Waals surface area (Å²) in [5, 5.41) is 0.411. The van der Waals surface area contributed by atoms with Crippen molar-refractivity contribution in [2.45, 2.75) is 11.5 Å². The molecule has 8 heteroatoms.